The highest BCUT2D eigenvalue weighted by atomic mass is 16.6. The van der Waals surface area contributed by atoms with Gasteiger partial charge >= 0.3 is 5.97 Å². The highest BCUT2D eigenvalue weighted by molar-refractivity contribution is 5.88. The van der Waals surface area contributed by atoms with Crippen molar-refractivity contribution < 1.29 is 14.3 Å². The second kappa shape index (κ2) is 6.10. The third-order valence-electron chi connectivity index (χ3n) is 5.34. The highest BCUT2D eigenvalue weighted by Crippen LogP contribution is 2.46. The zero-order valence-electron chi connectivity index (χ0n) is 14.3. The predicted molar refractivity (Wildman–Crippen MR) is 91.4 cm³/mol. The molecule has 2 aromatic rings. The number of carbonyl (C=O) groups excluding carboxylic acids is 2. The van der Waals surface area contributed by atoms with Gasteiger partial charge in [0.1, 0.15) is 5.60 Å². The molecule has 1 aromatic heterocycles. The lowest BCUT2D eigenvalue weighted by molar-refractivity contribution is -0.151. The van der Waals surface area contributed by atoms with Crippen molar-refractivity contribution in [2.24, 2.45) is 5.92 Å². The maximum absolute atomic E-state index is 13.0. The van der Waals surface area contributed by atoms with Crippen LogP contribution in [0.25, 0.3) is 11.0 Å². The van der Waals surface area contributed by atoms with Crippen LogP contribution >= 0.6 is 0 Å². The Morgan fingerprint density at radius 3 is 2.76 bits per heavy atom. The molecule has 130 valence electrons. The molecule has 1 amide bonds. The summed E-state index contributed by atoms with van der Waals surface area (Å²) < 4.78 is 5.59. The first-order valence-electron chi connectivity index (χ1n) is 8.75. The molecule has 0 bridgehead atoms. The highest BCUT2D eigenvalue weighted by Gasteiger charge is 2.54. The second-order valence-corrected chi connectivity index (χ2v) is 7.05. The second-order valence-electron chi connectivity index (χ2n) is 7.05. The number of amides is 1. The summed E-state index contributed by atoms with van der Waals surface area (Å²) in [5.74, 6) is -0.664. The minimum Gasteiger partial charge on any atom is -0.458 e. The van der Waals surface area contributed by atoms with E-state index in [2.05, 4.69) is 9.97 Å². The third kappa shape index (κ3) is 2.86. The Bertz CT molecular complexity index is 830. The van der Waals surface area contributed by atoms with E-state index in [1.54, 1.807) is 18.1 Å². The van der Waals surface area contributed by atoms with Crippen molar-refractivity contribution in [1.29, 1.82) is 0 Å². The summed E-state index contributed by atoms with van der Waals surface area (Å²) >= 11 is 0. The summed E-state index contributed by atoms with van der Waals surface area (Å²) in [7, 11) is 1.75. The Balaban J connectivity index is 1.52. The van der Waals surface area contributed by atoms with Crippen LogP contribution in [0.3, 0.4) is 0 Å². The third-order valence-corrected chi connectivity index (χ3v) is 5.34. The van der Waals surface area contributed by atoms with Gasteiger partial charge in [0, 0.05) is 7.05 Å². The number of rotatable bonds is 3. The van der Waals surface area contributed by atoms with Gasteiger partial charge in [-0.15, -0.1) is 0 Å². The molecule has 6 heteroatoms. The first-order chi connectivity index (χ1) is 12.1. The number of fused-ring (bicyclic) bond motifs is 1. The van der Waals surface area contributed by atoms with E-state index in [9.17, 15) is 9.59 Å². The van der Waals surface area contributed by atoms with Crippen LogP contribution in [-0.2, 0) is 20.9 Å². The number of aromatic nitrogens is 2. The van der Waals surface area contributed by atoms with E-state index in [1.165, 1.54) is 0 Å². The van der Waals surface area contributed by atoms with Gasteiger partial charge in [0.05, 0.1) is 41.8 Å². The molecule has 4 rings (SSSR count). The normalized spacial score (nSPS) is 21.6. The number of benzene rings is 1. The monoisotopic (exact) mass is 339 g/mol. The summed E-state index contributed by atoms with van der Waals surface area (Å²) in [5, 5.41) is 0. The van der Waals surface area contributed by atoms with Crippen molar-refractivity contribution in [2.45, 2.75) is 44.2 Å². The molecule has 1 aliphatic heterocycles. The van der Waals surface area contributed by atoms with Gasteiger partial charge in [0.2, 0.25) is 5.91 Å². The molecule has 2 fully saturated rings. The molecule has 1 aromatic carbocycles. The SMILES string of the molecule is CN(Cc1cnc2ccccc2n1)C(=O)C1CC(=O)OC12CCCC2. The molecule has 1 atom stereocenters. The standard InChI is InChI=1S/C19H21N3O3/c1-22(12-13-11-20-15-6-2-3-7-16(15)21-13)18(24)14-10-17(23)25-19(14)8-4-5-9-19/h2-3,6-7,11,14H,4-5,8-10,12H2,1H3. The molecule has 1 saturated heterocycles. The van der Waals surface area contributed by atoms with Crippen LogP contribution in [0.15, 0.2) is 30.5 Å². The van der Waals surface area contributed by atoms with E-state index in [0.717, 1.165) is 42.4 Å². The number of esters is 1. The van der Waals surface area contributed by atoms with Crippen LogP contribution in [-0.4, -0.2) is 39.4 Å². The number of para-hydroxylation sites is 2. The number of ether oxygens (including phenoxy) is 1. The smallest absolute Gasteiger partial charge is 0.307 e. The minimum atomic E-state index is -0.572. The van der Waals surface area contributed by atoms with E-state index in [-0.39, 0.29) is 24.2 Å². The number of hydrogen-bond acceptors (Lipinski definition) is 5. The fraction of sp³-hybridized carbons (Fsp3) is 0.474. The van der Waals surface area contributed by atoms with Gasteiger partial charge in [-0.2, -0.15) is 0 Å². The number of nitrogens with zero attached hydrogens (tertiary/aromatic N) is 3. The van der Waals surface area contributed by atoms with Gasteiger partial charge in [-0.05, 0) is 37.8 Å². The molecule has 1 aliphatic carbocycles. The summed E-state index contributed by atoms with van der Waals surface area (Å²) in [4.78, 5) is 35.4. The van der Waals surface area contributed by atoms with Gasteiger partial charge in [-0.25, -0.2) is 4.98 Å². The van der Waals surface area contributed by atoms with Crippen LogP contribution in [0, 0.1) is 5.92 Å². The van der Waals surface area contributed by atoms with E-state index in [0.29, 0.717) is 6.54 Å². The molecule has 25 heavy (non-hydrogen) atoms. The molecule has 2 heterocycles. The quantitative estimate of drug-likeness (QED) is 0.803. The average molecular weight is 339 g/mol. The van der Waals surface area contributed by atoms with Gasteiger partial charge in [-0.1, -0.05) is 12.1 Å². The molecular formula is C19H21N3O3. The van der Waals surface area contributed by atoms with Crippen LogP contribution < -0.4 is 0 Å². The molecule has 0 N–H and O–H groups in total. The average Bonchev–Trinajstić information content (AvgIpc) is 3.21. The Kier molecular flexibility index (Phi) is 3.90. The molecule has 1 unspecified atom stereocenters. The van der Waals surface area contributed by atoms with Gasteiger partial charge in [0.25, 0.3) is 0 Å². The van der Waals surface area contributed by atoms with Crippen molar-refractivity contribution >= 4 is 22.9 Å². The van der Waals surface area contributed by atoms with Crippen molar-refractivity contribution in [3.8, 4) is 0 Å². The van der Waals surface area contributed by atoms with Crippen LogP contribution in [0.4, 0.5) is 0 Å². The van der Waals surface area contributed by atoms with Crippen LogP contribution in [0.5, 0.6) is 0 Å². The predicted octanol–water partition coefficient (Wildman–Crippen LogP) is 2.46. The Hall–Kier alpha value is -2.50. The summed E-state index contributed by atoms with van der Waals surface area (Å²) in [6, 6.07) is 7.66. The molecule has 2 aliphatic rings. The number of hydrogen-bond donors (Lipinski definition) is 0. The maximum Gasteiger partial charge on any atom is 0.307 e. The van der Waals surface area contributed by atoms with Crippen molar-refractivity contribution in [3.05, 3.63) is 36.2 Å². The van der Waals surface area contributed by atoms with E-state index >= 15 is 0 Å². The van der Waals surface area contributed by atoms with Crippen LogP contribution in [0.1, 0.15) is 37.8 Å². The zero-order valence-corrected chi connectivity index (χ0v) is 14.3. The van der Waals surface area contributed by atoms with E-state index in [4.69, 9.17) is 4.74 Å². The fourth-order valence-electron chi connectivity index (χ4n) is 4.09. The first kappa shape index (κ1) is 16.0. The van der Waals surface area contributed by atoms with E-state index < -0.39 is 5.60 Å². The van der Waals surface area contributed by atoms with E-state index in [1.807, 2.05) is 24.3 Å². The molecule has 0 radical (unpaired) electrons. The Morgan fingerprint density at radius 1 is 1.28 bits per heavy atom. The minimum absolute atomic E-state index is 0.0392. The van der Waals surface area contributed by atoms with Gasteiger partial charge in [-0.3, -0.25) is 14.6 Å². The Morgan fingerprint density at radius 2 is 2.00 bits per heavy atom. The van der Waals surface area contributed by atoms with Gasteiger partial charge in [0.15, 0.2) is 0 Å². The van der Waals surface area contributed by atoms with Crippen molar-refractivity contribution in [3.63, 3.8) is 0 Å². The summed E-state index contributed by atoms with van der Waals surface area (Å²) in [5.41, 5.74) is 1.81. The molecule has 6 nitrogen and oxygen atoms in total. The van der Waals surface area contributed by atoms with Crippen molar-refractivity contribution in [2.75, 3.05) is 7.05 Å². The van der Waals surface area contributed by atoms with Crippen LogP contribution in [0.2, 0.25) is 0 Å². The lowest BCUT2D eigenvalue weighted by Crippen LogP contribution is -2.43. The molecule has 1 saturated carbocycles. The van der Waals surface area contributed by atoms with Gasteiger partial charge < -0.3 is 9.64 Å². The summed E-state index contributed by atoms with van der Waals surface area (Å²) in [6.07, 6.45) is 5.49. The zero-order chi connectivity index (χ0) is 17.4. The lowest BCUT2D eigenvalue weighted by Gasteiger charge is -2.30. The largest absolute Gasteiger partial charge is 0.458 e. The topological polar surface area (TPSA) is 72.4 Å². The fourth-order valence-corrected chi connectivity index (χ4v) is 4.09. The molecular weight excluding hydrogens is 318 g/mol. The maximum atomic E-state index is 13.0. The lowest BCUT2D eigenvalue weighted by atomic mass is 9.84. The summed E-state index contributed by atoms with van der Waals surface area (Å²) in [6.45, 7) is 0.372. The van der Waals surface area contributed by atoms with Crippen molar-refractivity contribution in [1.82, 2.24) is 14.9 Å². The molecule has 1 spiro atoms. The first-order valence-corrected chi connectivity index (χ1v) is 8.75. The Labute approximate surface area is 146 Å². The number of carbonyl (C=O) groups is 2.